The Morgan fingerprint density at radius 2 is 1.71 bits per heavy atom. The van der Waals surface area contributed by atoms with Gasteiger partial charge in [0.25, 0.3) is 0 Å². The molecule has 2 unspecified atom stereocenters. The maximum absolute atomic E-state index is 6.55. The Hall–Kier alpha value is -0.720. The van der Waals surface area contributed by atoms with Crippen LogP contribution in [0.15, 0.2) is 36.4 Å². The highest BCUT2D eigenvalue weighted by molar-refractivity contribution is 6.35. The molecule has 0 nitrogen and oxygen atoms in total. The fourth-order valence-corrected chi connectivity index (χ4v) is 2.64. The van der Waals surface area contributed by atoms with Crippen molar-refractivity contribution in [3.8, 4) is 0 Å². The predicted molar refractivity (Wildman–Crippen MR) is 77.0 cm³/mol. The van der Waals surface area contributed by atoms with E-state index >= 15 is 0 Å². The topological polar surface area (TPSA) is 0 Å². The summed E-state index contributed by atoms with van der Waals surface area (Å²) in [5.74, 6) is 0.459. The van der Waals surface area contributed by atoms with E-state index in [2.05, 4.69) is 26.0 Å². The summed E-state index contributed by atoms with van der Waals surface area (Å²) in [5.41, 5.74) is 1.18. The lowest BCUT2D eigenvalue weighted by molar-refractivity contribution is 0.544. The first-order valence-electron chi connectivity index (χ1n) is 5.96. The van der Waals surface area contributed by atoms with Crippen molar-refractivity contribution in [1.29, 1.82) is 0 Å². The second-order valence-electron chi connectivity index (χ2n) is 4.47. The van der Waals surface area contributed by atoms with Crippen molar-refractivity contribution in [2.75, 3.05) is 0 Å². The van der Waals surface area contributed by atoms with Crippen LogP contribution >= 0.6 is 23.2 Å². The Balaban J connectivity index is 2.59. The lowest BCUT2D eigenvalue weighted by atomic mass is 9.94. The van der Waals surface area contributed by atoms with Crippen LogP contribution < -0.4 is 0 Å². The van der Waals surface area contributed by atoms with Gasteiger partial charge in [0.2, 0.25) is 0 Å². The molecule has 0 saturated carbocycles. The Morgan fingerprint density at radius 3 is 2.35 bits per heavy atom. The molecule has 2 atom stereocenters. The third-order valence-electron chi connectivity index (χ3n) is 3.35. The van der Waals surface area contributed by atoms with E-state index in [0.29, 0.717) is 5.92 Å². The van der Waals surface area contributed by atoms with Crippen molar-refractivity contribution in [2.24, 2.45) is 5.92 Å². The van der Waals surface area contributed by atoms with E-state index < -0.39 is 0 Å². The van der Waals surface area contributed by atoms with Gasteiger partial charge < -0.3 is 0 Å². The maximum atomic E-state index is 6.55. The molecule has 0 N–H and O–H groups in total. The van der Waals surface area contributed by atoms with Gasteiger partial charge in [0.1, 0.15) is 0 Å². The van der Waals surface area contributed by atoms with Crippen molar-refractivity contribution in [2.45, 2.75) is 25.6 Å². The molecule has 0 amide bonds. The van der Waals surface area contributed by atoms with Gasteiger partial charge in [-0.05, 0) is 22.9 Å². The molecule has 0 heterocycles. The summed E-state index contributed by atoms with van der Waals surface area (Å²) in [4.78, 5) is 0. The molecule has 17 heavy (non-hydrogen) atoms. The highest BCUT2D eigenvalue weighted by atomic mass is 35.5. The number of halogens is 2. The molecule has 0 fully saturated rings. The zero-order chi connectivity index (χ0) is 12.4. The number of benzene rings is 2. The molecule has 0 saturated heterocycles. The lowest BCUT2D eigenvalue weighted by Crippen LogP contribution is -2.03. The minimum Gasteiger partial charge on any atom is -0.118 e. The maximum Gasteiger partial charge on any atom is 0.0616 e. The van der Waals surface area contributed by atoms with Crippen LogP contribution in [0.25, 0.3) is 10.8 Å². The molecule has 0 aliphatic carbocycles. The summed E-state index contributed by atoms with van der Waals surface area (Å²) >= 11 is 12.7. The van der Waals surface area contributed by atoms with E-state index in [1.54, 1.807) is 0 Å². The van der Waals surface area contributed by atoms with E-state index in [4.69, 9.17) is 23.2 Å². The molecule has 0 aliphatic rings. The average Bonchev–Trinajstić information content (AvgIpc) is 2.38. The number of hydrogen-bond donors (Lipinski definition) is 0. The summed E-state index contributed by atoms with van der Waals surface area (Å²) < 4.78 is 0. The van der Waals surface area contributed by atoms with Gasteiger partial charge in [0.05, 0.1) is 5.38 Å². The van der Waals surface area contributed by atoms with Gasteiger partial charge in [0, 0.05) is 10.4 Å². The monoisotopic (exact) mass is 266 g/mol. The van der Waals surface area contributed by atoms with Crippen LogP contribution in [-0.2, 0) is 0 Å². The number of rotatable bonds is 3. The van der Waals surface area contributed by atoms with Gasteiger partial charge in [0.15, 0.2) is 0 Å². The van der Waals surface area contributed by atoms with E-state index in [0.717, 1.165) is 16.8 Å². The molecule has 2 heteroatoms. The lowest BCUT2D eigenvalue weighted by Gasteiger charge is -2.19. The van der Waals surface area contributed by atoms with Gasteiger partial charge >= 0.3 is 0 Å². The first-order chi connectivity index (χ1) is 8.15. The quantitative estimate of drug-likeness (QED) is 0.615. The van der Waals surface area contributed by atoms with Gasteiger partial charge in [-0.25, -0.2) is 0 Å². The minimum absolute atomic E-state index is 0.0437. The molecule has 2 rings (SSSR count). The van der Waals surface area contributed by atoms with E-state index in [9.17, 15) is 0 Å². The van der Waals surface area contributed by atoms with Crippen LogP contribution in [0.2, 0.25) is 5.02 Å². The first kappa shape index (κ1) is 12.7. The van der Waals surface area contributed by atoms with Crippen molar-refractivity contribution >= 4 is 34.0 Å². The average molecular weight is 267 g/mol. The Morgan fingerprint density at radius 1 is 1.06 bits per heavy atom. The fraction of sp³-hybridized carbons (Fsp3) is 0.333. The van der Waals surface area contributed by atoms with Crippen LogP contribution in [0.1, 0.15) is 31.2 Å². The van der Waals surface area contributed by atoms with E-state index in [-0.39, 0.29) is 5.38 Å². The fourth-order valence-electron chi connectivity index (χ4n) is 2.04. The first-order valence-corrected chi connectivity index (χ1v) is 6.77. The van der Waals surface area contributed by atoms with E-state index in [1.807, 2.05) is 24.3 Å². The van der Waals surface area contributed by atoms with Crippen LogP contribution in [0, 0.1) is 5.92 Å². The SMILES string of the molecule is CCC(C)C(Cl)c1ccc(Cl)c2ccccc12. The third kappa shape index (κ3) is 2.43. The minimum atomic E-state index is 0.0437. The predicted octanol–water partition coefficient (Wildman–Crippen LogP) is 5.82. The summed E-state index contributed by atoms with van der Waals surface area (Å²) in [6.45, 7) is 4.35. The molecule has 0 spiro atoms. The van der Waals surface area contributed by atoms with Crippen molar-refractivity contribution in [3.63, 3.8) is 0 Å². The van der Waals surface area contributed by atoms with Crippen LogP contribution in [0.3, 0.4) is 0 Å². The van der Waals surface area contributed by atoms with Gasteiger partial charge in [-0.1, -0.05) is 62.2 Å². The normalized spacial score (nSPS) is 14.8. The molecule has 0 bridgehead atoms. The highest BCUT2D eigenvalue weighted by Gasteiger charge is 2.17. The highest BCUT2D eigenvalue weighted by Crippen LogP contribution is 2.37. The van der Waals surface area contributed by atoms with Crippen LogP contribution in [0.5, 0.6) is 0 Å². The van der Waals surface area contributed by atoms with Crippen molar-refractivity contribution < 1.29 is 0 Å². The Kier molecular flexibility index (Phi) is 3.96. The number of fused-ring (bicyclic) bond motifs is 1. The van der Waals surface area contributed by atoms with Crippen molar-refractivity contribution in [3.05, 3.63) is 47.0 Å². The smallest absolute Gasteiger partial charge is 0.0616 e. The molecule has 0 aliphatic heterocycles. The van der Waals surface area contributed by atoms with Gasteiger partial charge in [-0.2, -0.15) is 0 Å². The molecule has 0 aromatic heterocycles. The molecular formula is C15H16Cl2. The molecule has 2 aromatic carbocycles. The van der Waals surface area contributed by atoms with Gasteiger partial charge in [-0.3, -0.25) is 0 Å². The molecule has 2 aromatic rings. The van der Waals surface area contributed by atoms with Gasteiger partial charge in [-0.15, -0.1) is 11.6 Å². The second-order valence-corrected chi connectivity index (χ2v) is 5.35. The standard InChI is InChI=1S/C15H16Cl2/c1-3-10(2)15(17)13-8-9-14(16)12-7-5-4-6-11(12)13/h4-10,15H,3H2,1-2H3. The number of alkyl halides is 1. The summed E-state index contributed by atoms with van der Waals surface area (Å²) in [7, 11) is 0. The summed E-state index contributed by atoms with van der Waals surface area (Å²) in [6, 6.07) is 12.2. The molecule has 0 radical (unpaired) electrons. The third-order valence-corrected chi connectivity index (χ3v) is 4.34. The zero-order valence-electron chi connectivity index (χ0n) is 10.1. The largest absolute Gasteiger partial charge is 0.118 e. The zero-order valence-corrected chi connectivity index (χ0v) is 11.6. The molecule has 90 valence electrons. The van der Waals surface area contributed by atoms with E-state index in [1.165, 1.54) is 10.9 Å². The summed E-state index contributed by atoms with van der Waals surface area (Å²) in [6.07, 6.45) is 1.07. The molecular weight excluding hydrogens is 251 g/mol. The number of hydrogen-bond acceptors (Lipinski definition) is 0. The van der Waals surface area contributed by atoms with Crippen molar-refractivity contribution in [1.82, 2.24) is 0 Å². The Bertz CT molecular complexity index is 519. The second kappa shape index (κ2) is 5.29. The Labute approximate surface area is 113 Å². The van der Waals surface area contributed by atoms with Crippen LogP contribution in [0.4, 0.5) is 0 Å². The van der Waals surface area contributed by atoms with Crippen LogP contribution in [-0.4, -0.2) is 0 Å². The summed E-state index contributed by atoms with van der Waals surface area (Å²) in [5, 5.41) is 3.08.